The molecule has 1 aliphatic rings. The smallest absolute Gasteiger partial charge is 0.307 e. The van der Waals surface area contributed by atoms with Gasteiger partial charge in [0.2, 0.25) is 0 Å². The van der Waals surface area contributed by atoms with Crippen molar-refractivity contribution in [3.63, 3.8) is 0 Å². The van der Waals surface area contributed by atoms with Crippen LogP contribution in [-0.2, 0) is 22.4 Å². The summed E-state index contributed by atoms with van der Waals surface area (Å²) in [6.45, 7) is 1.03. The Morgan fingerprint density at radius 1 is 1.03 bits per heavy atom. The molecule has 0 atom stereocenters. The molecule has 3 N–H and O–H groups in total. The van der Waals surface area contributed by atoms with Crippen LogP contribution >= 0.6 is 11.6 Å². The zero-order chi connectivity index (χ0) is 24.9. The topological polar surface area (TPSA) is 81.7 Å². The third kappa shape index (κ3) is 6.10. The van der Waals surface area contributed by atoms with Gasteiger partial charge in [0, 0.05) is 16.3 Å². The van der Waals surface area contributed by atoms with E-state index < -0.39 is 5.97 Å². The fourth-order valence-corrected chi connectivity index (χ4v) is 4.35. The van der Waals surface area contributed by atoms with Crippen LogP contribution in [0.3, 0.4) is 0 Å². The summed E-state index contributed by atoms with van der Waals surface area (Å²) in [5.74, 6) is -1.15. The minimum absolute atomic E-state index is 0.101. The molecule has 0 fully saturated rings. The summed E-state index contributed by atoms with van der Waals surface area (Å²) in [4.78, 5) is 26.5. The molecule has 1 amide bonds. The molecule has 3 aromatic rings. The van der Waals surface area contributed by atoms with Gasteiger partial charge in [0.25, 0.3) is 5.91 Å². The number of carboxylic acid groups (broad SMARTS) is 1. The largest absolute Gasteiger partial charge is 0.481 e. The molecule has 3 aromatic carbocycles. The zero-order valence-corrected chi connectivity index (χ0v) is 20.5. The summed E-state index contributed by atoms with van der Waals surface area (Å²) < 4.78 is 0. The number of hydrogen-bond acceptors (Lipinski definition) is 4. The van der Waals surface area contributed by atoms with Gasteiger partial charge in [-0.15, -0.1) is 0 Å². The number of hydrogen-bond donors (Lipinski definition) is 3. The SMILES string of the molecule is CN(C)CCCc1ccc(NC(=C2C(=O)Nc3cc(Cl)ccc32)c2cccc(CC(=O)O)c2)cc1. The Balaban J connectivity index is 1.72. The molecule has 0 aliphatic carbocycles. The van der Waals surface area contributed by atoms with E-state index in [1.54, 1.807) is 30.3 Å². The lowest BCUT2D eigenvalue weighted by Crippen LogP contribution is -2.13. The molecule has 0 saturated heterocycles. The van der Waals surface area contributed by atoms with E-state index in [4.69, 9.17) is 11.6 Å². The fourth-order valence-electron chi connectivity index (χ4n) is 4.18. The van der Waals surface area contributed by atoms with Crippen molar-refractivity contribution in [3.8, 4) is 0 Å². The second-order valence-electron chi connectivity index (χ2n) is 8.89. The number of halogens is 1. The van der Waals surface area contributed by atoms with E-state index in [-0.39, 0.29) is 12.3 Å². The maximum Gasteiger partial charge on any atom is 0.307 e. The standard InChI is InChI=1S/C28H28ClN3O3/c1-32(2)14-4-6-18-8-11-22(12-9-18)30-27(20-7-3-5-19(15-20)16-25(33)34)26-23-13-10-21(29)17-24(23)31-28(26)35/h3,5,7-13,15,17,30H,4,6,14,16H2,1-2H3,(H,31,35)(H,33,34). The van der Waals surface area contributed by atoms with Gasteiger partial charge in [0.1, 0.15) is 0 Å². The van der Waals surface area contributed by atoms with E-state index in [2.05, 4.69) is 41.8 Å². The van der Waals surface area contributed by atoms with Gasteiger partial charge in [0.05, 0.1) is 23.4 Å². The van der Waals surface area contributed by atoms with Gasteiger partial charge in [-0.2, -0.15) is 0 Å². The second kappa shape index (κ2) is 10.8. The third-order valence-electron chi connectivity index (χ3n) is 5.84. The molecule has 7 heteroatoms. The maximum atomic E-state index is 13.1. The van der Waals surface area contributed by atoms with Crippen LogP contribution in [0.2, 0.25) is 5.02 Å². The molecule has 0 radical (unpaired) electrons. The van der Waals surface area contributed by atoms with Crippen molar-refractivity contribution in [1.82, 2.24) is 4.90 Å². The predicted octanol–water partition coefficient (Wildman–Crippen LogP) is 5.39. The van der Waals surface area contributed by atoms with Gasteiger partial charge in [-0.1, -0.05) is 48.0 Å². The molecule has 1 heterocycles. The Hall–Kier alpha value is -3.61. The number of aliphatic carboxylic acids is 1. The van der Waals surface area contributed by atoms with Crippen LogP contribution in [0.1, 0.15) is 28.7 Å². The van der Waals surface area contributed by atoms with E-state index in [9.17, 15) is 14.7 Å². The molecular formula is C28H28ClN3O3. The summed E-state index contributed by atoms with van der Waals surface area (Å²) in [5.41, 5.74) is 5.94. The van der Waals surface area contributed by atoms with Crippen LogP contribution in [0, 0.1) is 0 Å². The van der Waals surface area contributed by atoms with E-state index in [0.29, 0.717) is 27.5 Å². The highest BCUT2D eigenvalue weighted by Crippen LogP contribution is 2.39. The molecular weight excluding hydrogens is 462 g/mol. The van der Waals surface area contributed by atoms with Gasteiger partial charge >= 0.3 is 5.97 Å². The quantitative estimate of drug-likeness (QED) is 0.351. The first-order valence-corrected chi connectivity index (χ1v) is 11.9. The highest BCUT2D eigenvalue weighted by molar-refractivity contribution is 6.38. The first-order valence-electron chi connectivity index (χ1n) is 11.5. The number of aryl methyl sites for hydroxylation is 1. The molecule has 0 spiro atoms. The molecule has 0 aromatic heterocycles. The number of carbonyl (C=O) groups excluding carboxylic acids is 1. The van der Waals surface area contributed by atoms with Gasteiger partial charge in [-0.3, -0.25) is 9.59 Å². The van der Waals surface area contributed by atoms with Crippen molar-refractivity contribution in [2.24, 2.45) is 0 Å². The van der Waals surface area contributed by atoms with Crippen LogP contribution in [0.4, 0.5) is 11.4 Å². The number of carbonyl (C=O) groups is 2. The third-order valence-corrected chi connectivity index (χ3v) is 6.08. The van der Waals surface area contributed by atoms with Crippen molar-refractivity contribution in [2.45, 2.75) is 19.3 Å². The summed E-state index contributed by atoms with van der Waals surface area (Å²) >= 11 is 6.14. The lowest BCUT2D eigenvalue weighted by atomic mass is 9.98. The maximum absolute atomic E-state index is 13.1. The van der Waals surface area contributed by atoms with Gasteiger partial charge in [-0.25, -0.2) is 0 Å². The summed E-state index contributed by atoms with van der Waals surface area (Å²) in [7, 11) is 4.14. The summed E-state index contributed by atoms with van der Waals surface area (Å²) in [6.07, 6.45) is 1.96. The lowest BCUT2D eigenvalue weighted by Gasteiger charge is -2.16. The average Bonchev–Trinajstić information content (AvgIpc) is 3.12. The Morgan fingerprint density at radius 2 is 1.80 bits per heavy atom. The summed E-state index contributed by atoms with van der Waals surface area (Å²) in [5, 5.41) is 16.1. The average molecular weight is 490 g/mol. The summed E-state index contributed by atoms with van der Waals surface area (Å²) in [6, 6.07) is 20.7. The number of amides is 1. The number of carboxylic acids is 1. The number of nitrogens with zero attached hydrogens (tertiary/aromatic N) is 1. The molecule has 1 aliphatic heterocycles. The van der Waals surface area contributed by atoms with Crippen molar-refractivity contribution >= 4 is 46.1 Å². The number of nitrogens with one attached hydrogen (secondary N) is 2. The van der Waals surface area contributed by atoms with Crippen molar-refractivity contribution in [2.75, 3.05) is 31.3 Å². The van der Waals surface area contributed by atoms with Crippen LogP contribution in [0.5, 0.6) is 0 Å². The number of fused-ring (bicyclic) bond motifs is 1. The molecule has 35 heavy (non-hydrogen) atoms. The van der Waals surface area contributed by atoms with Crippen molar-refractivity contribution in [3.05, 3.63) is 94.0 Å². The van der Waals surface area contributed by atoms with E-state index in [0.717, 1.165) is 36.2 Å². The van der Waals surface area contributed by atoms with Gasteiger partial charge < -0.3 is 20.6 Å². The van der Waals surface area contributed by atoms with E-state index in [1.165, 1.54) is 5.56 Å². The zero-order valence-electron chi connectivity index (χ0n) is 19.8. The fraction of sp³-hybridized carbons (Fsp3) is 0.214. The highest BCUT2D eigenvalue weighted by Gasteiger charge is 2.28. The van der Waals surface area contributed by atoms with Crippen LogP contribution in [-0.4, -0.2) is 42.5 Å². The van der Waals surface area contributed by atoms with Crippen molar-refractivity contribution < 1.29 is 14.7 Å². The Morgan fingerprint density at radius 3 is 2.51 bits per heavy atom. The Bertz CT molecular complexity index is 1280. The van der Waals surface area contributed by atoms with E-state index >= 15 is 0 Å². The monoisotopic (exact) mass is 489 g/mol. The molecule has 0 unspecified atom stereocenters. The van der Waals surface area contributed by atoms with E-state index in [1.807, 2.05) is 24.3 Å². The normalized spacial score (nSPS) is 14.0. The molecule has 4 rings (SSSR count). The highest BCUT2D eigenvalue weighted by atomic mass is 35.5. The molecule has 0 bridgehead atoms. The molecule has 180 valence electrons. The molecule has 0 saturated carbocycles. The second-order valence-corrected chi connectivity index (χ2v) is 9.33. The minimum atomic E-state index is -0.909. The first kappa shape index (κ1) is 24.5. The van der Waals surface area contributed by atoms with Crippen molar-refractivity contribution in [1.29, 1.82) is 0 Å². The first-order chi connectivity index (χ1) is 16.8. The Labute approximate surface area is 210 Å². The lowest BCUT2D eigenvalue weighted by molar-refractivity contribution is -0.136. The van der Waals surface area contributed by atoms with Gasteiger partial charge in [0.15, 0.2) is 0 Å². The Kier molecular flexibility index (Phi) is 7.54. The van der Waals surface area contributed by atoms with Crippen LogP contribution in [0.25, 0.3) is 11.3 Å². The minimum Gasteiger partial charge on any atom is -0.481 e. The van der Waals surface area contributed by atoms with Gasteiger partial charge in [-0.05, 0) is 80.5 Å². The van der Waals surface area contributed by atoms with Crippen LogP contribution < -0.4 is 10.6 Å². The number of rotatable bonds is 9. The predicted molar refractivity (Wildman–Crippen MR) is 142 cm³/mol. The number of benzene rings is 3. The molecule has 6 nitrogen and oxygen atoms in total. The van der Waals surface area contributed by atoms with Crippen LogP contribution in [0.15, 0.2) is 66.7 Å². The number of anilines is 2.